The lowest BCUT2D eigenvalue weighted by atomic mass is 11.1. The van der Waals surface area contributed by atoms with Gasteiger partial charge in [-0.2, -0.15) is 0 Å². The van der Waals surface area contributed by atoms with Crippen LogP contribution in [-0.4, -0.2) is 17.0 Å². The van der Waals surface area contributed by atoms with Gasteiger partial charge in [0.25, 0.3) is 5.75 Å². The van der Waals surface area contributed by atoms with Gasteiger partial charge in [0.1, 0.15) is 0 Å². The van der Waals surface area contributed by atoms with Crippen LogP contribution in [0.4, 0.5) is 13.7 Å². The highest BCUT2D eigenvalue weighted by molar-refractivity contribution is 6.19. The zero-order chi connectivity index (χ0) is 6.73. The van der Waals surface area contributed by atoms with Crippen LogP contribution in [0.25, 0.3) is 0 Å². The molecule has 0 aliphatic heterocycles. The summed E-state index contributed by atoms with van der Waals surface area (Å²) in [6.45, 7) is 0. The van der Waals surface area contributed by atoms with E-state index in [0.29, 0.717) is 0 Å². The van der Waals surface area contributed by atoms with Gasteiger partial charge in [-0.25, -0.2) is 14.3 Å². The molecular formula is C2HClF2NO2. The molecule has 0 rings (SSSR count). The van der Waals surface area contributed by atoms with Gasteiger partial charge in [0.2, 0.25) is 0 Å². The Hall–Kier alpha value is -0.580. The first-order chi connectivity index (χ1) is 3.55. The number of hydrogen-bond acceptors (Lipinski definition) is 1. The minimum Gasteiger partial charge on any atom is -0.217 e. The summed E-state index contributed by atoms with van der Waals surface area (Å²) < 4.78 is 22.6. The highest BCUT2D eigenvalue weighted by Crippen LogP contribution is 2.05. The number of carbonyl (C=O) groups is 1. The van der Waals surface area contributed by atoms with Gasteiger partial charge in [-0.1, -0.05) is 21.2 Å². The summed E-state index contributed by atoms with van der Waals surface area (Å²) in [6, 6.07) is 0. The van der Waals surface area contributed by atoms with Gasteiger partial charge in [0.15, 0.2) is 0 Å². The van der Waals surface area contributed by atoms with Crippen molar-refractivity contribution in [3.8, 4) is 0 Å². The summed E-state index contributed by atoms with van der Waals surface area (Å²) in [5.41, 5.74) is 0. The Kier molecular flexibility index (Phi) is 2.47. The van der Waals surface area contributed by atoms with Crippen molar-refractivity contribution in [3.63, 3.8) is 0 Å². The predicted molar refractivity (Wildman–Crippen MR) is 19.8 cm³/mol. The SMILES string of the molecule is [O]C(=O)N(F)C(F)Cl. The molecule has 0 fully saturated rings. The van der Waals surface area contributed by atoms with E-state index >= 15 is 0 Å². The minimum atomic E-state index is -2.68. The third-order valence-corrected chi connectivity index (χ3v) is 0.517. The summed E-state index contributed by atoms with van der Waals surface area (Å²) in [7, 11) is 0. The van der Waals surface area contributed by atoms with Gasteiger partial charge in [0.05, 0.1) is 0 Å². The minimum absolute atomic E-state index is 1.26. The maximum atomic E-state index is 11.3. The van der Waals surface area contributed by atoms with E-state index in [0.717, 1.165) is 0 Å². The molecule has 1 atom stereocenters. The first kappa shape index (κ1) is 7.42. The molecule has 1 unspecified atom stereocenters. The molecule has 0 saturated heterocycles. The molecule has 0 aromatic heterocycles. The number of halogens is 3. The molecule has 0 aromatic carbocycles. The van der Waals surface area contributed by atoms with Gasteiger partial charge < -0.3 is 0 Å². The maximum absolute atomic E-state index is 11.3. The zero-order valence-corrected chi connectivity index (χ0v) is 4.23. The molecule has 0 bridgehead atoms. The molecule has 1 amide bonds. The van der Waals surface area contributed by atoms with Crippen LogP contribution >= 0.6 is 11.6 Å². The van der Waals surface area contributed by atoms with Crippen LogP contribution in [0.1, 0.15) is 0 Å². The summed E-state index contributed by atoms with van der Waals surface area (Å²) in [4.78, 5) is 9.26. The molecule has 47 valence electrons. The van der Waals surface area contributed by atoms with E-state index in [4.69, 9.17) is 0 Å². The van der Waals surface area contributed by atoms with Crippen LogP contribution in [0.2, 0.25) is 0 Å². The number of carbonyl (C=O) groups excluding carboxylic acids is 1. The molecule has 0 spiro atoms. The van der Waals surface area contributed by atoms with Crippen LogP contribution in [0, 0.1) is 0 Å². The molecule has 0 aromatic rings. The molecule has 0 saturated carbocycles. The number of amides is 1. The molecule has 0 heterocycles. The molecule has 1 radical (unpaired) electrons. The highest BCUT2D eigenvalue weighted by Gasteiger charge is 2.20. The van der Waals surface area contributed by atoms with Crippen molar-refractivity contribution in [1.82, 2.24) is 5.12 Å². The van der Waals surface area contributed by atoms with Crippen LogP contribution in [0.15, 0.2) is 0 Å². The summed E-state index contributed by atoms with van der Waals surface area (Å²) in [5, 5.41) is 7.99. The van der Waals surface area contributed by atoms with Crippen LogP contribution in [-0.2, 0) is 5.11 Å². The normalized spacial score (nSPS) is 12.9. The van der Waals surface area contributed by atoms with Crippen molar-refractivity contribution < 1.29 is 18.8 Å². The number of nitrogens with zero attached hydrogens (tertiary/aromatic N) is 1. The van der Waals surface area contributed by atoms with Gasteiger partial charge in [-0.05, 0) is 0 Å². The number of rotatable bonds is 1. The quantitative estimate of drug-likeness (QED) is 0.310. The molecule has 3 nitrogen and oxygen atoms in total. The number of alkyl halides is 2. The monoisotopic (exact) mass is 144 g/mol. The van der Waals surface area contributed by atoms with Crippen molar-refractivity contribution in [3.05, 3.63) is 0 Å². The highest BCUT2D eigenvalue weighted by atomic mass is 35.5. The van der Waals surface area contributed by atoms with Gasteiger partial charge in [-0.15, -0.1) is 0 Å². The Balaban J connectivity index is 3.64. The Morgan fingerprint density at radius 2 is 2.12 bits per heavy atom. The fourth-order valence-electron chi connectivity index (χ4n) is 0.0797. The Morgan fingerprint density at radius 1 is 1.75 bits per heavy atom. The molecular weight excluding hydrogens is 143 g/mol. The smallest absolute Gasteiger partial charge is 0.217 e. The first-order valence-corrected chi connectivity index (χ1v) is 1.93. The lowest BCUT2D eigenvalue weighted by Crippen LogP contribution is -2.23. The summed E-state index contributed by atoms with van der Waals surface area (Å²) >= 11 is 4.29. The molecule has 0 aliphatic rings. The lowest BCUT2D eigenvalue weighted by Gasteiger charge is -2.02. The second kappa shape index (κ2) is 2.66. The van der Waals surface area contributed by atoms with E-state index in [1.807, 2.05) is 0 Å². The number of hydrogen-bond donors (Lipinski definition) is 0. The fourth-order valence-corrected chi connectivity index (χ4v) is 0.159. The van der Waals surface area contributed by atoms with Crippen molar-refractivity contribution in [1.29, 1.82) is 0 Å². The average molecular weight is 144 g/mol. The van der Waals surface area contributed by atoms with E-state index in [1.54, 1.807) is 0 Å². The summed E-state index contributed by atoms with van der Waals surface area (Å²) in [6.07, 6.45) is -2.30. The van der Waals surface area contributed by atoms with Gasteiger partial charge >= 0.3 is 6.09 Å². The Labute approximate surface area is 48.4 Å². The van der Waals surface area contributed by atoms with Crippen LogP contribution in [0.3, 0.4) is 0 Å². The first-order valence-electron chi connectivity index (χ1n) is 1.50. The van der Waals surface area contributed by atoms with E-state index in [1.165, 1.54) is 0 Å². The van der Waals surface area contributed by atoms with E-state index < -0.39 is 17.0 Å². The molecule has 8 heavy (non-hydrogen) atoms. The standard InChI is InChI=1S/C2HClF2NO2/c3-1(4)6(5)2(7)8/h1H. The molecule has 0 aliphatic carbocycles. The zero-order valence-electron chi connectivity index (χ0n) is 3.47. The second-order valence-electron chi connectivity index (χ2n) is 0.855. The topological polar surface area (TPSA) is 40.2 Å². The molecule has 0 N–H and O–H groups in total. The van der Waals surface area contributed by atoms with Crippen LogP contribution in [0.5, 0.6) is 0 Å². The van der Waals surface area contributed by atoms with Crippen molar-refractivity contribution in [2.24, 2.45) is 0 Å². The molecule has 6 heteroatoms. The maximum Gasteiger partial charge on any atom is 0.484 e. The van der Waals surface area contributed by atoms with Crippen LogP contribution < -0.4 is 0 Å². The van der Waals surface area contributed by atoms with E-state index in [9.17, 15) is 18.8 Å². The van der Waals surface area contributed by atoms with Crippen molar-refractivity contribution in [2.75, 3.05) is 0 Å². The third-order valence-electron chi connectivity index (χ3n) is 0.346. The average Bonchev–Trinajstić information content (AvgIpc) is 1.64. The van der Waals surface area contributed by atoms with Gasteiger partial charge in [0, 0.05) is 0 Å². The van der Waals surface area contributed by atoms with Crippen molar-refractivity contribution in [2.45, 2.75) is 5.75 Å². The second-order valence-corrected chi connectivity index (χ2v) is 1.21. The van der Waals surface area contributed by atoms with E-state index in [2.05, 4.69) is 11.6 Å². The predicted octanol–water partition coefficient (Wildman–Crippen LogP) is 1.22. The third kappa shape index (κ3) is 1.92. The Morgan fingerprint density at radius 3 is 2.12 bits per heavy atom. The summed E-state index contributed by atoms with van der Waals surface area (Å²) in [5.74, 6) is -2.68. The lowest BCUT2D eigenvalue weighted by molar-refractivity contribution is -0.0297. The van der Waals surface area contributed by atoms with Gasteiger partial charge in [-0.3, -0.25) is 0 Å². The fraction of sp³-hybridized carbons (Fsp3) is 0.500. The van der Waals surface area contributed by atoms with Crippen molar-refractivity contribution >= 4 is 17.7 Å². The largest absolute Gasteiger partial charge is 0.484 e. The van der Waals surface area contributed by atoms with E-state index in [-0.39, 0.29) is 0 Å². The Bertz CT molecular complexity index is 98.0.